The van der Waals surface area contributed by atoms with Crippen molar-refractivity contribution >= 4 is 10.8 Å². The second-order valence-corrected chi connectivity index (χ2v) is 12.3. The van der Waals surface area contributed by atoms with Crippen LogP contribution in [-0.4, -0.2) is 20.4 Å². The summed E-state index contributed by atoms with van der Waals surface area (Å²) >= 11 is 0. The first-order chi connectivity index (χ1) is 17.9. The van der Waals surface area contributed by atoms with Crippen molar-refractivity contribution in [2.24, 2.45) is 16.7 Å². The minimum atomic E-state index is -0.128. The van der Waals surface area contributed by atoms with Gasteiger partial charge in [0.05, 0.1) is 0 Å². The fourth-order valence-electron chi connectivity index (χ4n) is 6.35. The molecule has 0 amide bonds. The molecule has 0 bridgehead atoms. The summed E-state index contributed by atoms with van der Waals surface area (Å²) in [4.78, 5) is 0. The fourth-order valence-corrected chi connectivity index (χ4v) is 6.35. The Bertz CT molecular complexity index is 1250. The molecule has 3 rings (SSSR count). The molecule has 0 aliphatic heterocycles. The van der Waals surface area contributed by atoms with Crippen LogP contribution in [0.2, 0.25) is 0 Å². The molecule has 4 nitrogen and oxygen atoms in total. The minimum Gasteiger partial charge on any atom is -0.507 e. The first-order valence-corrected chi connectivity index (χ1v) is 14.4. The number of rotatable bonds is 12. The van der Waals surface area contributed by atoms with Crippen LogP contribution in [0.5, 0.6) is 23.0 Å². The summed E-state index contributed by atoms with van der Waals surface area (Å²) in [6.07, 6.45) is 6.68. The fraction of sp³-hybridized carbons (Fsp3) is 0.529. The van der Waals surface area contributed by atoms with Gasteiger partial charge in [0.2, 0.25) is 0 Å². The van der Waals surface area contributed by atoms with Crippen LogP contribution in [0.4, 0.5) is 0 Å². The summed E-state index contributed by atoms with van der Waals surface area (Å²) < 4.78 is 0. The summed E-state index contributed by atoms with van der Waals surface area (Å²) in [5.41, 5.74) is 2.85. The lowest BCUT2D eigenvalue weighted by atomic mass is 9.62. The van der Waals surface area contributed by atoms with Gasteiger partial charge >= 0.3 is 0 Å². The van der Waals surface area contributed by atoms with Gasteiger partial charge in [-0.05, 0) is 89.3 Å². The van der Waals surface area contributed by atoms with E-state index in [1.54, 1.807) is 12.1 Å². The first-order valence-electron chi connectivity index (χ1n) is 14.4. The molecule has 3 aromatic rings. The normalized spacial score (nSPS) is 15.9. The molecule has 0 radical (unpaired) electrons. The smallest absolute Gasteiger partial charge is 0.157 e. The Morgan fingerprint density at radius 1 is 0.737 bits per heavy atom. The monoisotopic (exact) mass is 520 g/mol. The van der Waals surface area contributed by atoms with Crippen molar-refractivity contribution in [1.29, 1.82) is 0 Å². The number of phenolic OH excluding ortho intramolecular Hbond substituents is 4. The molecule has 0 aliphatic carbocycles. The van der Waals surface area contributed by atoms with Gasteiger partial charge in [0.25, 0.3) is 0 Å². The van der Waals surface area contributed by atoms with E-state index in [1.165, 1.54) is 0 Å². The molecule has 0 saturated carbocycles. The van der Waals surface area contributed by atoms with E-state index >= 15 is 0 Å². The van der Waals surface area contributed by atoms with Crippen LogP contribution in [0.25, 0.3) is 10.8 Å². The van der Waals surface area contributed by atoms with Gasteiger partial charge in [-0.2, -0.15) is 0 Å². The van der Waals surface area contributed by atoms with Crippen molar-refractivity contribution in [2.45, 2.75) is 99.3 Å². The van der Waals surface area contributed by atoms with E-state index in [0.29, 0.717) is 23.1 Å². The maximum Gasteiger partial charge on any atom is 0.157 e. The highest BCUT2D eigenvalue weighted by Crippen LogP contribution is 2.49. The lowest BCUT2D eigenvalue weighted by Crippen LogP contribution is -2.32. The van der Waals surface area contributed by atoms with Gasteiger partial charge in [-0.3, -0.25) is 0 Å². The van der Waals surface area contributed by atoms with Crippen molar-refractivity contribution in [2.75, 3.05) is 0 Å². The molecule has 0 spiro atoms. The van der Waals surface area contributed by atoms with Gasteiger partial charge in [0, 0.05) is 10.8 Å². The zero-order valence-corrected chi connectivity index (χ0v) is 24.4. The summed E-state index contributed by atoms with van der Waals surface area (Å²) in [5.74, 6) is 0.573. The van der Waals surface area contributed by atoms with Crippen LogP contribution in [0, 0.1) is 16.7 Å². The highest BCUT2D eigenvalue weighted by Gasteiger charge is 2.38. The van der Waals surface area contributed by atoms with Crippen LogP contribution in [0.3, 0.4) is 0 Å². The molecule has 0 fully saturated rings. The molecule has 3 unspecified atom stereocenters. The number of aromatic hydroxyl groups is 4. The quantitative estimate of drug-likeness (QED) is 0.179. The van der Waals surface area contributed by atoms with E-state index in [-0.39, 0.29) is 39.7 Å². The van der Waals surface area contributed by atoms with Crippen LogP contribution < -0.4 is 0 Å². The van der Waals surface area contributed by atoms with Gasteiger partial charge in [0.15, 0.2) is 11.5 Å². The maximum absolute atomic E-state index is 11.4. The minimum absolute atomic E-state index is 0.0315. The molecular weight excluding hydrogens is 472 g/mol. The van der Waals surface area contributed by atoms with Crippen molar-refractivity contribution in [3.8, 4) is 23.0 Å². The molecule has 4 N–H and O–H groups in total. The summed E-state index contributed by atoms with van der Waals surface area (Å²) in [7, 11) is 0. The highest BCUT2D eigenvalue weighted by atomic mass is 16.3. The third-order valence-corrected chi connectivity index (χ3v) is 9.30. The van der Waals surface area contributed by atoms with Crippen LogP contribution >= 0.6 is 0 Å². The Labute approximate surface area is 229 Å². The predicted molar refractivity (Wildman–Crippen MR) is 158 cm³/mol. The second-order valence-electron chi connectivity index (χ2n) is 12.3. The predicted octanol–water partition coefficient (Wildman–Crippen LogP) is 9.21. The van der Waals surface area contributed by atoms with Crippen LogP contribution in [0.15, 0.2) is 42.5 Å². The lowest BCUT2D eigenvalue weighted by molar-refractivity contribution is 0.146. The Morgan fingerprint density at radius 3 is 2.00 bits per heavy atom. The molecule has 0 aromatic heterocycles. The van der Waals surface area contributed by atoms with E-state index in [9.17, 15) is 20.4 Å². The van der Waals surface area contributed by atoms with E-state index < -0.39 is 0 Å². The molecule has 38 heavy (non-hydrogen) atoms. The standard InChI is InChI=1S/C34H48O4/c1-8-15-33(6,10-3)21-25-11-13-26-27(32(25)38)17-23(19-30(26)36)18-28(34(7,16-9-2)22(4)5)24-12-14-29(35)31(37)20-24/h11-14,17,19-20,22,28,35-38H,8-10,15-16,18,21H2,1-7H3. The topological polar surface area (TPSA) is 80.9 Å². The van der Waals surface area contributed by atoms with E-state index in [0.717, 1.165) is 55.2 Å². The SMILES string of the molecule is CCCC(C)(CC)Cc1ccc2c(O)cc(CC(c3ccc(O)c(O)c3)C(C)(CCC)C(C)C)cc2c1O. The Kier molecular flexibility index (Phi) is 9.28. The zero-order valence-electron chi connectivity index (χ0n) is 24.4. The third-order valence-electron chi connectivity index (χ3n) is 9.30. The second kappa shape index (κ2) is 11.9. The number of hydrogen-bond acceptors (Lipinski definition) is 4. The average molecular weight is 521 g/mol. The number of fused-ring (bicyclic) bond motifs is 1. The van der Waals surface area contributed by atoms with Gasteiger partial charge in [-0.1, -0.05) is 85.9 Å². The molecule has 0 aliphatic rings. The highest BCUT2D eigenvalue weighted by molar-refractivity contribution is 5.94. The van der Waals surface area contributed by atoms with Gasteiger partial charge in [-0.25, -0.2) is 0 Å². The Hall–Kier alpha value is -2.88. The Balaban J connectivity index is 2.13. The molecule has 208 valence electrons. The van der Waals surface area contributed by atoms with Gasteiger partial charge in [-0.15, -0.1) is 0 Å². The Morgan fingerprint density at radius 2 is 1.42 bits per heavy atom. The molecule has 0 saturated heterocycles. The summed E-state index contributed by atoms with van der Waals surface area (Å²) in [5, 5.41) is 44.1. The zero-order chi connectivity index (χ0) is 28.3. The van der Waals surface area contributed by atoms with Crippen molar-refractivity contribution in [3.63, 3.8) is 0 Å². The van der Waals surface area contributed by atoms with E-state index in [4.69, 9.17) is 0 Å². The lowest BCUT2D eigenvalue weighted by Gasteiger charge is -2.42. The summed E-state index contributed by atoms with van der Waals surface area (Å²) in [6, 6.07) is 12.8. The van der Waals surface area contributed by atoms with Crippen molar-refractivity contribution in [3.05, 3.63) is 59.2 Å². The number of phenols is 4. The maximum atomic E-state index is 11.4. The average Bonchev–Trinajstić information content (AvgIpc) is 2.86. The molecule has 0 heterocycles. The molecule has 4 heteroatoms. The van der Waals surface area contributed by atoms with Gasteiger partial charge < -0.3 is 20.4 Å². The van der Waals surface area contributed by atoms with E-state index in [2.05, 4.69) is 48.5 Å². The molecule has 3 atom stereocenters. The van der Waals surface area contributed by atoms with E-state index in [1.807, 2.05) is 30.3 Å². The molecule has 3 aromatic carbocycles. The largest absolute Gasteiger partial charge is 0.507 e. The number of hydrogen-bond donors (Lipinski definition) is 4. The van der Waals surface area contributed by atoms with Crippen LogP contribution in [0.1, 0.15) is 103 Å². The van der Waals surface area contributed by atoms with Crippen LogP contribution in [-0.2, 0) is 12.8 Å². The summed E-state index contributed by atoms with van der Waals surface area (Å²) in [6.45, 7) is 15.7. The first kappa shape index (κ1) is 29.7. The third kappa shape index (κ3) is 6.06. The van der Waals surface area contributed by atoms with Crippen molar-refractivity contribution < 1.29 is 20.4 Å². The molecular formula is C34H48O4. The number of benzene rings is 3. The van der Waals surface area contributed by atoms with Gasteiger partial charge in [0.1, 0.15) is 11.5 Å². The van der Waals surface area contributed by atoms with Crippen molar-refractivity contribution in [1.82, 2.24) is 0 Å².